The van der Waals surface area contributed by atoms with Gasteiger partial charge in [0.1, 0.15) is 0 Å². The molecule has 0 bridgehead atoms. The highest BCUT2D eigenvalue weighted by Gasteiger charge is 2.34. The zero-order valence-electron chi connectivity index (χ0n) is 10.2. The Morgan fingerprint density at radius 2 is 2.06 bits per heavy atom. The van der Waals surface area contributed by atoms with Gasteiger partial charge in [0.15, 0.2) is 0 Å². The maximum Gasteiger partial charge on any atom is 0.244 e. The molecule has 0 aliphatic carbocycles. The van der Waals surface area contributed by atoms with Crippen LogP contribution >= 0.6 is 15.9 Å². The second kappa shape index (κ2) is 5.28. The van der Waals surface area contributed by atoms with Gasteiger partial charge in [-0.25, -0.2) is 8.42 Å². The molecule has 1 saturated heterocycles. The van der Waals surface area contributed by atoms with Gasteiger partial charge in [-0.1, -0.05) is 12.1 Å². The molecule has 1 aromatic carbocycles. The Balaban J connectivity index is 2.35. The molecule has 2 unspecified atom stereocenters. The fourth-order valence-corrected chi connectivity index (χ4v) is 4.95. The average Bonchev–Trinajstić information content (AvgIpc) is 2.28. The van der Waals surface area contributed by atoms with E-state index in [1.165, 1.54) is 0 Å². The fourth-order valence-electron chi connectivity index (χ4n) is 2.32. The molecule has 6 heteroatoms. The van der Waals surface area contributed by atoms with Crippen molar-refractivity contribution in [2.75, 3.05) is 6.54 Å². The van der Waals surface area contributed by atoms with Gasteiger partial charge in [-0.15, -0.1) is 0 Å². The van der Waals surface area contributed by atoms with Gasteiger partial charge in [0, 0.05) is 23.1 Å². The number of nitrogens with zero attached hydrogens (tertiary/aromatic N) is 1. The summed E-state index contributed by atoms with van der Waals surface area (Å²) in [6.45, 7) is 2.40. The lowest BCUT2D eigenvalue weighted by Gasteiger charge is -2.35. The van der Waals surface area contributed by atoms with Crippen LogP contribution in [0.4, 0.5) is 0 Å². The van der Waals surface area contributed by atoms with Gasteiger partial charge in [0.25, 0.3) is 0 Å². The molecule has 1 fully saturated rings. The lowest BCUT2D eigenvalue weighted by molar-refractivity contribution is 0.247. The molecule has 0 aromatic heterocycles. The molecule has 2 rings (SSSR count). The first kappa shape index (κ1) is 14.0. The number of hydrogen-bond donors (Lipinski definition) is 1. The third kappa shape index (κ3) is 2.61. The van der Waals surface area contributed by atoms with Gasteiger partial charge >= 0.3 is 0 Å². The average molecular weight is 333 g/mol. The smallest absolute Gasteiger partial charge is 0.244 e. The largest absolute Gasteiger partial charge is 0.328 e. The summed E-state index contributed by atoms with van der Waals surface area (Å²) < 4.78 is 27.3. The SMILES string of the molecule is CC1CC(N)CCN1S(=O)(=O)c1ccccc1Br. The molecule has 2 N–H and O–H groups in total. The van der Waals surface area contributed by atoms with Crippen molar-refractivity contribution in [3.63, 3.8) is 0 Å². The minimum Gasteiger partial charge on any atom is -0.328 e. The van der Waals surface area contributed by atoms with Gasteiger partial charge in [-0.05, 0) is 47.8 Å². The molecule has 1 aromatic rings. The van der Waals surface area contributed by atoms with E-state index in [-0.39, 0.29) is 12.1 Å². The van der Waals surface area contributed by atoms with Crippen molar-refractivity contribution in [2.45, 2.75) is 36.7 Å². The minimum absolute atomic E-state index is 0.0501. The first-order chi connectivity index (χ1) is 8.43. The van der Waals surface area contributed by atoms with Crippen LogP contribution in [0, 0.1) is 0 Å². The molecule has 0 radical (unpaired) electrons. The van der Waals surface area contributed by atoms with E-state index < -0.39 is 10.0 Å². The van der Waals surface area contributed by atoms with Crippen molar-refractivity contribution in [1.29, 1.82) is 0 Å². The van der Waals surface area contributed by atoms with Crippen molar-refractivity contribution < 1.29 is 8.42 Å². The van der Waals surface area contributed by atoms with Crippen LogP contribution in [0.15, 0.2) is 33.6 Å². The maximum absolute atomic E-state index is 12.6. The van der Waals surface area contributed by atoms with Crippen LogP contribution in [0.5, 0.6) is 0 Å². The maximum atomic E-state index is 12.6. The van der Waals surface area contributed by atoms with Crippen LogP contribution in [0.3, 0.4) is 0 Å². The summed E-state index contributed by atoms with van der Waals surface area (Å²) in [7, 11) is -3.43. The monoisotopic (exact) mass is 332 g/mol. The van der Waals surface area contributed by atoms with Crippen molar-refractivity contribution in [2.24, 2.45) is 5.73 Å². The number of nitrogens with two attached hydrogens (primary N) is 1. The van der Waals surface area contributed by atoms with E-state index in [4.69, 9.17) is 5.73 Å². The highest BCUT2D eigenvalue weighted by atomic mass is 79.9. The Kier molecular flexibility index (Phi) is 4.11. The Morgan fingerprint density at radius 1 is 1.39 bits per heavy atom. The highest BCUT2D eigenvalue weighted by molar-refractivity contribution is 9.10. The summed E-state index contributed by atoms with van der Waals surface area (Å²) in [4.78, 5) is 0.326. The molecule has 4 nitrogen and oxygen atoms in total. The van der Waals surface area contributed by atoms with Crippen molar-refractivity contribution in [1.82, 2.24) is 4.31 Å². The summed E-state index contributed by atoms with van der Waals surface area (Å²) in [6, 6.07) is 6.96. The number of piperidine rings is 1. The minimum atomic E-state index is -3.43. The summed E-state index contributed by atoms with van der Waals surface area (Å²) in [5.41, 5.74) is 5.87. The van der Waals surface area contributed by atoms with Crippen LogP contribution in [0.25, 0.3) is 0 Å². The number of hydrogen-bond acceptors (Lipinski definition) is 3. The molecule has 2 atom stereocenters. The van der Waals surface area contributed by atoms with E-state index in [0.717, 1.165) is 0 Å². The lowest BCUT2D eigenvalue weighted by Crippen LogP contribution is -2.48. The van der Waals surface area contributed by atoms with E-state index >= 15 is 0 Å². The predicted octanol–water partition coefficient (Wildman–Crippen LogP) is 1.95. The fraction of sp³-hybridized carbons (Fsp3) is 0.500. The summed E-state index contributed by atoms with van der Waals surface area (Å²) in [6.07, 6.45) is 1.43. The summed E-state index contributed by atoms with van der Waals surface area (Å²) >= 11 is 3.30. The second-order valence-corrected chi connectivity index (χ2v) is 7.39. The first-order valence-electron chi connectivity index (χ1n) is 5.95. The summed E-state index contributed by atoms with van der Waals surface area (Å²) in [5.74, 6) is 0. The Bertz CT molecular complexity index is 533. The zero-order valence-corrected chi connectivity index (χ0v) is 12.6. The van der Waals surface area contributed by atoms with E-state index in [0.29, 0.717) is 28.8 Å². The van der Waals surface area contributed by atoms with Crippen LogP contribution in [0.2, 0.25) is 0 Å². The van der Waals surface area contributed by atoms with Crippen LogP contribution in [0.1, 0.15) is 19.8 Å². The van der Waals surface area contributed by atoms with E-state index in [9.17, 15) is 8.42 Å². The molecule has 0 saturated carbocycles. The van der Waals surface area contributed by atoms with E-state index in [1.807, 2.05) is 6.92 Å². The van der Waals surface area contributed by atoms with Crippen LogP contribution in [-0.4, -0.2) is 31.4 Å². The topological polar surface area (TPSA) is 63.4 Å². The predicted molar refractivity (Wildman–Crippen MR) is 74.7 cm³/mol. The van der Waals surface area contributed by atoms with Gasteiger partial charge in [0.2, 0.25) is 10.0 Å². The number of sulfonamides is 1. The number of halogens is 1. The number of benzene rings is 1. The molecule has 18 heavy (non-hydrogen) atoms. The van der Waals surface area contributed by atoms with Gasteiger partial charge in [-0.3, -0.25) is 0 Å². The second-order valence-electron chi connectivity index (χ2n) is 4.68. The van der Waals surface area contributed by atoms with Crippen LogP contribution in [-0.2, 0) is 10.0 Å². The van der Waals surface area contributed by atoms with Crippen molar-refractivity contribution >= 4 is 26.0 Å². The molecule has 1 heterocycles. The molecule has 1 aliphatic heterocycles. The Hall–Kier alpha value is -0.430. The molecule has 0 amide bonds. The highest BCUT2D eigenvalue weighted by Crippen LogP contribution is 2.29. The molecule has 1 aliphatic rings. The first-order valence-corrected chi connectivity index (χ1v) is 8.18. The third-order valence-electron chi connectivity index (χ3n) is 3.28. The van der Waals surface area contributed by atoms with Crippen molar-refractivity contribution in [3.8, 4) is 0 Å². The van der Waals surface area contributed by atoms with Gasteiger partial charge < -0.3 is 5.73 Å². The zero-order chi connectivity index (χ0) is 13.3. The molecular weight excluding hydrogens is 316 g/mol. The van der Waals surface area contributed by atoms with Gasteiger partial charge in [-0.2, -0.15) is 4.31 Å². The number of rotatable bonds is 2. The normalized spacial score (nSPS) is 26.2. The Morgan fingerprint density at radius 3 is 2.67 bits per heavy atom. The lowest BCUT2D eigenvalue weighted by atomic mass is 10.0. The van der Waals surface area contributed by atoms with Crippen molar-refractivity contribution in [3.05, 3.63) is 28.7 Å². The molecule has 0 spiro atoms. The molecule has 100 valence electrons. The Labute approximate surface area is 116 Å². The van der Waals surface area contributed by atoms with E-state index in [2.05, 4.69) is 15.9 Å². The third-order valence-corrected chi connectivity index (χ3v) is 6.30. The van der Waals surface area contributed by atoms with Crippen LogP contribution < -0.4 is 5.73 Å². The molecular formula is C12H17BrN2O2S. The van der Waals surface area contributed by atoms with E-state index in [1.54, 1.807) is 28.6 Å². The van der Waals surface area contributed by atoms with Gasteiger partial charge in [0.05, 0.1) is 4.90 Å². The summed E-state index contributed by atoms with van der Waals surface area (Å²) in [5, 5.41) is 0. The quantitative estimate of drug-likeness (QED) is 0.900. The standard InChI is InChI=1S/C12H17BrN2O2S/c1-9-8-10(14)6-7-15(9)18(16,17)12-5-3-2-4-11(12)13/h2-5,9-10H,6-8,14H2,1H3.